The van der Waals surface area contributed by atoms with E-state index in [0.717, 1.165) is 0 Å². The van der Waals surface area contributed by atoms with Crippen LogP contribution in [0, 0.1) is 0 Å². The van der Waals surface area contributed by atoms with E-state index in [9.17, 15) is 14.4 Å². The average Bonchev–Trinajstić information content (AvgIpc) is 3.02. The first-order valence-electron chi connectivity index (χ1n) is 8.50. The van der Waals surface area contributed by atoms with Gasteiger partial charge in [-0.25, -0.2) is 4.68 Å². The summed E-state index contributed by atoms with van der Waals surface area (Å²) in [5, 5.41) is 12.4. The highest BCUT2D eigenvalue weighted by atomic mass is 16.2. The number of benzene rings is 1. The molecule has 0 radical (unpaired) electrons. The summed E-state index contributed by atoms with van der Waals surface area (Å²) in [6, 6.07) is 7.87. The van der Waals surface area contributed by atoms with Crippen LogP contribution in [-0.4, -0.2) is 33.5 Å². The van der Waals surface area contributed by atoms with Crippen molar-refractivity contribution in [3.8, 4) is 0 Å². The number of fused-ring (bicyclic) bond motifs is 1. The monoisotopic (exact) mass is 355 g/mol. The Labute approximate surface area is 151 Å². The fraction of sp³-hybridized carbons (Fsp3) is 0.333. The maximum atomic E-state index is 12.3. The van der Waals surface area contributed by atoms with Crippen LogP contribution in [0.25, 0.3) is 0 Å². The first-order valence-corrected chi connectivity index (χ1v) is 8.50. The molecule has 26 heavy (non-hydrogen) atoms. The van der Waals surface area contributed by atoms with Gasteiger partial charge in [0.05, 0.1) is 17.4 Å². The second-order valence-corrected chi connectivity index (χ2v) is 6.40. The molecule has 1 aliphatic rings. The van der Waals surface area contributed by atoms with Gasteiger partial charge in [-0.3, -0.25) is 14.4 Å². The van der Waals surface area contributed by atoms with E-state index in [1.807, 2.05) is 13.8 Å². The van der Waals surface area contributed by atoms with Crippen LogP contribution in [0.15, 0.2) is 36.5 Å². The van der Waals surface area contributed by atoms with Crippen LogP contribution in [-0.2, 0) is 9.59 Å². The number of aromatic nitrogens is 2. The number of hydrogen-bond donors (Lipinski definition) is 3. The van der Waals surface area contributed by atoms with Gasteiger partial charge >= 0.3 is 0 Å². The van der Waals surface area contributed by atoms with Gasteiger partial charge < -0.3 is 16.0 Å². The van der Waals surface area contributed by atoms with Crippen molar-refractivity contribution in [2.24, 2.45) is 0 Å². The Bertz CT molecular complexity index is 843. The van der Waals surface area contributed by atoms with Crippen molar-refractivity contribution in [2.75, 3.05) is 10.6 Å². The summed E-state index contributed by atoms with van der Waals surface area (Å²) in [6.07, 6.45) is 1.91. The fourth-order valence-corrected chi connectivity index (χ4v) is 2.82. The number of rotatable bonds is 5. The van der Waals surface area contributed by atoms with Gasteiger partial charge in [-0.05, 0) is 32.4 Å². The van der Waals surface area contributed by atoms with Gasteiger partial charge in [0.2, 0.25) is 11.8 Å². The molecule has 1 atom stereocenters. The molecule has 1 aliphatic heterocycles. The molecule has 3 rings (SSSR count). The van der Waals surface area contributed by atoms with E-state index in [-0.39, 0.29) is 36.6 Å². The lowest BCUT2D eigenvalue weighted by Crippen LogP contribution is -2.41. The minimum absolute atomic E-state index is 0.0952. The summed E-state index contributed by atoms with van der Waals surface area (Å²) in [6.45, 7) is 3.93. The second kappa shape index (κ2) is 7.38. The van der Waals surface area contributed by atoms with Gasteiger partial charge in [-0.1, -0.05) is 12.1 Å². The minimum atomic E-state index is -0.768. The van der Waals surface area contributed by atoms with E-state index in [1.165, 1.54) is 0 Å². The summed E-state index contributed by atoms with van der Waals surface area (Å²) < 4.78 is 1.70. The highest BCUT2D eigenvalue weighted by molar-refractivity contribution is 6.09. The van der Waals surface area contributed by atoms with E-state index in [2.05, 4.69) is 21.0 Å². The molecule has 8 nitrogen and oxygen atoms in total. The molecule has 0 spiro atoms. The summed E-state index contributed by atoms with van der Waals surface area (Å²) in [7, 11) is 0. The molecule has 3 N–H and O–H groups in total. The highest BCUT2D eigenvalue weighted by Gasteiger charge is 2.27. The van der Waals surface area contributed by atoms with Crippen LogP contribution in [0.4, 0.5) is 11.5 Å². The van der Waals surface area contributed by atoms with E-state index < -0.39 is 6.04 Å². The molecule has 0 saturated carbocycles. The number of nitrogens with zero attached hydrogens (tertiary/aromatic N) is 2. The molecule has 2 heterocycles. The van der Waals surface area contributed by atoms with Gasteiger partial charge in [0.25, 0.3) is 5.91 Å². The third-order valence-electron chi connectivity index (χ3n) is 4.14. The predicted molar refractivity (Wildman–Crippen MR) is 96.8 cm³/mol. The predicted octanol–water partition coefficient (Wildman–Crippen LogP) is 1.93. The lowest BCUT2D eigenvalue weighted by atomic mass is 10.1. The normalized spacial score (nSPS) is 16.5. The fourth-order valence-electron chi connectivity index (χ4n) is 2.82. The number of carbonyl (C=O) groups excluding carboxylic acids is 3. The van der Waals surface area contributed by atoms with Gasteiger partial charge in [-0.15, -0.1) is 0 Å². The van der Waals surface area contributed by atoms with E-state index in [4.69, 9.17) is 0 Å². The van der Waals surface area contributed by atoms with Crippen molar-refractivity contribution >= 4 is 29.2 Å². The van der Waals surface area contributed by atoms with Gasteiger partial charge in [0.1, 0.15) is 11.9 Å². The molecule has 1 aromatic carbocycles. The molecular formula is C18H21N5O3. The number of hydrogen-bond acceptors (Lipinski definition) is 4. The molecule has 3 amide bonds. The molecule has 0 aliphatic carbocycles. The Balaban J connectivity index is 1.61. The Morgan fingerprint density at radius 2 is 2.04 bits per heavy atom. The Kier molecular flexibility index (Phi) is 5.01. The van der Waals surface area contributed by atoms with Crippen LogP contribution in [0.1, 0.15) is 43.1 Å². The zero-order valence-electron chi connectivity index (χ0n) is 14.7. The van der Waals surface area contributed by atoms with E-state index in [0.29, 0.717) is 17.1 Å². The second-order valence-electron chi connectivity index (χ2n) is 6.40. The Morgan fingerprint density at radius 3 is 2.81 bits per heavy atom. The largest absolute Gasteiger partial charge is 0.340 e. The van der Waals surface area contributed by atoms with Crippen LogP contribution in [0.3, 0.4) is 0 Å². The number of carbonyl (C=O) groups is 3. The first-order chi connectivity index (χ1) is 12.5. The van der Waals surface area contributed by atoms with E-state index in [1.54, 1.807) is 41.2 Å². The smallest absolute Gasteiger partial charge is 0.254 e. The van der Waals surface area contributed by atoms with Crippen LogP contribution in [0.5, 0.6) is 0 Å². The molecule has 2 aromatic rings. The molecule has 136 valence electrons. The topological polar surface area (TPSA) is 105 Å². The molecule has 0 saturated heterocycles. The number of nitrogens with one attached hydrogen (secondary N) is 3. The molecule has 0 bridgehead atoms. The van der Waals surface area contributed by atoms with Crippen molar-refractivity contribution in [2.45, 2.75) is 38.8 Å². The third kappa shape index (κ3) is 3.74. The van der Waals surface area contributed by atoms with Crippen molar-refractivity contribution in [1.82, 2.24) is 15.1 Å². The summed E-state index contributed by atoms with van der Waals surface area (Å²) in [4.78, 5) is 36.8. The molecular weight excluding hydrogens is 334 g/mol. The van der Waals surface area contributed by atoms with Gasteiger partial charge in [-0.2, -0.15) is 5.10 Å². The zero-order valence-corrected chi connectivity index (χ0v) is 14.7. The summed E-state index contributed by atoms with van der Waals surface area (Å²) >= 11 is 0. The van der Waals surface area contributed by atoms with Crippen LogP contribution < -0.4 is 16.0 Å². The molecule has 1 aromatic heterocycles. The Morgan fingerprint density at radius 1 is 1.27 bits per heavy atom. The average molecular weight is 355 g/mol. The highest BCUT2D eigenvalue weighted by Crippen LogP contribution is 2.19. The van der Waals surface area contributed by atoms with Crippen molar-refractivity contribution in [3.05, 3.63) is 42.1 Å². The van der Waals surface area contributed by atoms with E-state index >= 15 is 0 Å². The zero-order chi connectivity index (χ0) is 18.7. The molecule has 0 fully saturated rings. The van der Waals surface area contributed by atoms with Crippen molar-refractivity contribution in [1.29, 1.82) is 0 Å². The van der Waals surface area contributed by atoms with Crippen LogP contribution in [0.2, 0.25) is 0 Å². The van der Waals surface area contributed by atoms with Crippen molar-refractivity contribution < 1.29 is 14.4 Å². The molecule has 8 heteroatoms. The SMILES string of the molecule is CC(C)n1nccc1NC(=O)CC[C@H]1NC(=O)c2ccccc2NC1=O. The lowest BCUT2D eigenvalue weighted by Gasteiger charge is -2.15. The number of amides is 3. The standard InChI is InChI=1S/C18H21N5O3/c1-11(2)23-15(9-10-19-23)22-16(24)8-7-14-18(26)20-13-6-4-3-5-12(13)17(25)21-14/h3-6,9-11,14H,7-8H2,1-2H3,(H,20,26)(H,21,25)(H,22,24)/t14-/m1/s1. The lowest BCUT2D eigenvalue weighted by molar-refractivity contribution is -0.118. The quantitative estimate of drug-likeness (QED) is 0.762. The maximum Gasteiger partial charge on any atom is 0.254 e. The minimum Gasteiger partial charge on any atom is -0.340 e. The van der Waals surface area contributed by atoms with Gasteiger partial charge in [0, 0.05) is 18.5 Å². The first kappa shape index (κ1) is 17.7. The third-order valence-corrected chi connectivity index (χ3v) is 4.14. The number of anilines is 2. The van der Waals surface area contributed by atoms with Crippen molar-refractivity contribution in [3.63, 3.8) is 0 Å². The summed E-state index contributed by atoms with van der Waals surface area (Å²) in [5.74, 6) is -0.298. The maximum absolute atomic E-state index is 12.3. The molecule has 0 unspecified atom stereocenters. The summed E-state index contributed by atoms with van der Waals surface area (Å²) in [5.41, 5.74) is 0.886. The van der Waals surface area contributed by atoms with Crippen LogP contribution >= 0.6 is 0 Å². The number of para-hydroxylation sites is 1. The van der Waals surface area contributed by atoms with Gasteiger partial charge in [0.15, 0.2) is 0 Å². The Hall–Kier alpha value is -3.16.